The Hall–Kier alpha value is -2.02. The van der Waals surface area contributed by atoms with Gasteiger partial charge >= 0.3 is 0 Å². The first-order chi connectivity index (χ1) is 10.3. The lowest BCUT2D eigenvalue weighted by Gasteiger charge is -2.40. The lowest BCUT2D eigenvalue weighted by atomic mass is 9.92. The van der Waals surface area contributed by atoms with Gasteiger partial charge in [0.25, 0.3) is 0 Å². The molecule has 1 aliphatic heterocycles. The number of hydrogen-bond donors (Lipinski definition) is 0. The van der Waals surface area contributed by atoms with Crippen LogP contribution in [0.5, 0.6) is 0 Å². The number of rotatable bonds is 3. The van der Waals surface area contributed by atoms with Gasteiger partial charge in [-0.1, -0.05) is 28.1 Å². The van der Waals surface area contributed by atoms with E-state index in [1.165, 1.54) is 5.56 Å². The van der Waals surface area contributed by atoms with Crippen molar-refractivity contribution >= 4 is 27.4 Å². The Balaban J connectivity index is 1.45. The fourth-order valence-corrected chi connectivity index (χ4v) is 2.98. The minimum atomic E-state index is 0.657. The van der Waals surface area contributed by atoms with Crippen molar-refractivity contribution in [2.75, 3.05) is 18.0 Å². The van der Waals surface area contributed by atoms with Gasteiger partial charge in [-0.2, -0.15) is 4.52 Å². The smallest absolute Gasteiger partial charge is 0.221 e. The van der Waals surface area contributed by atoms with E-state index >= 15 is 0 Å². The van der Waals surface area contributed by atoms with Crippen molar-refractivity contribution in [1.29, 1.82) is 0 Å². The summed E-state index contributed by atoms with van der Waals surface area (Å²) in [6, 6.07) is 8.54. The van der Waals surface area contributed by atoms with E-state index in [9.17, 15) is 0 Å². The summed E-state index contributed by atoms with van der Waals surface area (Å²) < 4.78 is 2.78. The molecular formula is C14H13BrN6. The van der Waals surface area contributed by atoms with Gasteiger partial charge in [0.05, 0.1) is 6.20 Å². The molecule has 0 radical (unpaired) electrons. The summed E-state index contributed by atoms with van der Waals surface area (Å²) in [5.41, 5.74) is 2.10. The van der Waals surface area contributed by atoms with Gasteiger partial charge in [0.15, 0.2) is 5.82 Å². The Morgan fingerprint density at radius 1 is 1.19 bits per heavy atom. The Morgan fingerprint density at radius 3 is 2.81 bits per heavy atom. The van der Waals surface area contributed by atoms with Gasteiger partial charge in [0.2, 0.25) is 5.65 Å². The average molecular weight is 345 g/mol. The summed E-state index contributed by atoms with van der Waals surface area (Å²) in [4.78, 5) is 6.64. The zero-order chi connectivity index (χ0) is 14.2. The predicted octanol–water partition coefficient (Wildman–Crippen LogP) is 1.96. The van der Waals surface area contributed by atoms with Crippen molar-refractivity contribution in [1.82, 2.24) is 25.0 Å². The molecule has 0 aliphatic carbocycles. The van der Waals surface area contributed by atoms with E-state index in [0.717, 1.165) is 35.4 Å². The monoisotopic (exact) mass is 344 g/mol. The zero-order valence-corrected chi connectivity index (χ0v) is 12.8. The normalized spacial score (nSPS) is 15.4. The Bertz CT molecular complexity index is 762. The van der Waals surface area contributed by atoms with E-state index in [1.54, 1.807) is 16.9 Å². The van der Waals surface area contributed by atoms with Crippen LogP contribution in [-0.4, -0.2) is 38.1 Å². The van der Waals surface area contributed by atoms with Gasteiger partial charge in [-0.15, -0.1) is 5.10 Å². The van der Waals surface area contributed by atoms with Crippen LogP contribution in [0.1, 0.15) is 5.56 Å². The van der Waals surface area contributed by atoms with Crippen LogP contribution in [0.4, 0.5) is 5.82 Å². The highest BCUT2D eigenvalue weighted by Crippen LogP contribution is 2.27. The summed E-state index contributed by atoms with van der Waals surface area (Å²) in [5, 5.41) is 11.6. The maximum absolute atomic E-state index is 4.41. The molecule has 3 heterocycles. The number of hydrogen-bond acceptors (Lipinski definition) is 5. The molecule has 0 saturated carbocycles. The molecule has 3 aromatic rings. The van der Waals surface area contributed by atoms with E-state index < -0.39 is 0 Å². The third-order valence-electron chi connectivity index (χ3n) is 3.79. The molecule has 1 aliphatic rings. The molecular weight excluding hydrogens is 332 g/mol. The number of tetrazole rings is 1. The maximum Gasteiger partial charge on any atom is 0.221 e. The highest BCUT2D eigenvalue weighted by atomic mass is 79.9. The molecule has 1 saturated heterocycles. The first kappa shape index (κ1) is 12.7. The van der Waals surface area contributed by atoms with E-state index in [-0.39, 0.29) is 0 Å². The number of benzene rings is 1. The lowest BCUT2D eigenvalue weighted by molar-refractivity contribution is 0.405. The van der Waals surface area contributed by atoms with Crippen LogP contribution < -0.4 is 4.90 Å². The molecule has 0 bridgehead atoms. The summed E-state index contributed by atoms with van der Waals surface area (Å²) in [5.74, 6) is 1.53. The number of anilines is 1. The Morgan fingerprint density at radius 2 is 2.00 bits per heavy atom. The Labute approximate surface area is 129 Å². The molecule has 6 nitrogen and oxygen atoms in total. The summed E-state index contributed by atoms with van der Waals surface area (Å²) in [7, 11) is 0. The summed E-state index contributed by atoms with van der Waals surface area (Å²) in [6.45, 7) is 1.99. The second-order valence-electron chi connectivity index (χ2n) is 5.30. The van der Waals surface area contributed by atoms with Gasteiger partial charge in [0.1, 0.15) is 0 Å². The molecule has 21 heavy (non-hydrogen) atoms. The molecule has 0 unspecified atom stereocenters. The SMILES string of the molecule is Brc1ccc(CC2CN(c3nccn4nnnc34)C2)cc1. The van der Waals surface area contributed by atoms with Gasteiger partial charge in [-0.25, -0.2) is 4.98 Å². The van der Waals surface area contributed by atoms with Crippen molar-refractivity contribution in [3.8, 4) is 0 Å². The summed E-state index contributed by atoms with van der Waals surface area (Å²) >= 11 is 3.46. The molecule has 0 N–H and O–H groups in total. The standard InChI is InChI=1S/C14H13BrN6/c15-12-3-1-10(2-4-12)7-11-8-20(9-11)13-14-17-18-19-21(14)6-5-16-13/h1-6,11H,7-9H2. The van der Waals surface area contributed by atoms with Crippen molar-refractivity contribution in [3.63, 3.8) is 0 Å². The van der Waals surface area contributed by atoms with Crippen LogP contribution >= 0.6 is 15.9 Å². The number of fused-ring (bicyclic) bond motifs is 1. The first-order valence-corrected chi connectivity index (χ1v) is 7.61. The molecule has 2 aromatic heterocycles. The van der Waals surface area contributed by atoms with Gasteiger partial charge in [-0.3, -0.25) is 0 Å². The third-order valence-corrected chi connectivity index (χ3v) is 4.32. The minimum Gasteiger partial charge on any atom is -0.353 e. The van der Waals surface area contributed by atoms with Crippen LogP contribution in [-0.2, 0) is 6.42 Å². The Kier molecular flexibility index (Phi) is 3.07. The van der Waals surface area contributed by atoms with Crippen LogP contribution in [0.2, 0.25) is 0 Å². The number of aromatic nitrogens is 5. The number of nitrogens with zero attached hydrogens (tertiary/aromatic N) is 6. The number of halogens is 1. The first-order valence-electron chi connectivity index (χ1n) is 6.82. The predicted molar refractivity (Wildman–Crippen MR) is 82.1 cm³/mol. The van der Waals surface area contributed by atoms with Gasteiger partial charge in [-0.05, 0) is 40.5 Å². The molecule has 0 amide bonds. The topological polar surface area (TPSA) is 59.2 Å². The van der Waals surface area contributed by atoms with Crippen LogP contribution in [0.3, 0.4) is 0 Å². The zero-order valence-electron chi connectivity index (χ0n) is 11.2. The molecule has 4 rings (SSSR count). The second kappa shape index (κ2) is 5.07. The van der Waals surface area contributed by atoms with Crippen LogP contribution in [0.25, 0.3) is 5.65 Å². The fraction of sp³-hybridized carbons (Fsp3) is 0.286. The maximum atomic E-state index is 4.41. The molecule has 1 fully saturated rings. The minimum absolute atomic E-state index is 0.657. The lowest BCUT2D eigenvalue weighted by Crippen LogP contribution is -2.48. The van der Waals surface area contributed by atoms with Crippen LogP contribution in [0, 0.1) is 5.92 Å². The highest BCUT2D eigenvalue weighted by molar-refractivity contribution is 9.10. The highest BCUT2D eigenvalue weighted by Gasteiger charge is 2.29. The largest absolute Gasteiger partial charge is 0.353 e. The molecule has 1 aromatic carbocycles. The van der Waals surface area contributed by atoms with Crippen molar-refractivity contribution in [3.05, 3.63) is 46.7 Å². The van der Waals surface area contributed by atoms with E-state index in [2.05, 4.69) is 65.6 Å². The van der Waals surface area contributed by atoms with E-state index in [4.69, 9.17) is 0 Å². The average Bonchev–Trinajstić information content (AvgIpc) is 2.93. The van der Waals surface area contributed by atoms with E-state index in [0.29, 0.717) is 5.92 Å². The molecule has 7 heteroatoms. The van der Waals surface area contributed by atoms with Crippen molar-refractivity contribution in [2.45, 2.75) is 6.42 Å². The van der Waals surface area contributed by atoms with Crippen molar-refractivity contribution < 1.29 is 0 Å². The quantitative estimate of drug-likeness (QED) is 0.726. The third kappa shape index (κ3) is 2.37. The fourth-order valence-electron chi connectivity index (χ4n) is 2.71. The van der Waals surface area contributed by atoms with Crippen LogP contribution in [0.15, 0.2) is 41.1 Å². The summed E-state index contributed by atoms with van der Waals surface area (Å²) in [6.07, 6.45) is 4.59. The van der Waals surface area contributed by atoms with Gasteiger partial charge in [0, 0.05) is 23.8 Å². The molecule has 0 atom stereocenters. The van der Waals surface area contributed by atoms with Gasteiger partial charge < -0.3 is 4.90 Å². The van der Waals surface area contributed by atoms with E-state index in [1.807, 2.05) is 0 Å². The molecule has 106 valence electrons. The van der Waals surface area contributed by atoms with Crippen molar-refractivity contribution in [2.24, 2.45) is 5.92 Å². The molecule has 0 spiro atoms. The second-order valence-corrected chi connectivity index (χ2v) is 6.22.